The number of aliphatic hydroxyl groups excluding tert-OH is 4. The minimum absolute atomic E-state index is 0.0164. The van der Waals surface area contributed by atoms with Crippen molar-refractivity contribution >= 4 is 129 Å². The van der Waals surface area contributed by atoms with Crippen LogP contribution in [0.25, 0.3) is 0 Å². The van der Waals surface area contributed by atoms with Gasteiger partial charge in [-0.05, 0) is 138 Å². The van der Waals surface area contributed by atoms with E-state index in [4.69, 9.17) is 5.73 Å². The lowest BCUT2D eigenvalue weighted by atomic mass is 9.85. The monoisotopic (exact) mass is 1880 g/mol. The Labute approximate surface area is 777 Å². The largest absolute Gasteiger partial charge is 0.508 e. The topological polar surface area (TPSA) is 637 Å². The van der Waals surface area contributed by atoms with E-state index in [2.05, 4.69) is 37.2 Å². The molecule has 3 aromatic rings. The fourth-order valence-electron chi connectivity index (χ4n) is 15.3. The molecular weight excluding hydrogens is 1750 g/mol. The molecule has 17 atom stereocenters. The number of carbonyl (C=O) groups excluding carboxylic acids is 17. The zero-order chi connectivity index (χ0) is 99.5. The van der Waals surface area contributed by atoms with Crippen LogP contribution in [-0.2, 0) is 115 Å². The maximum absolute atomic E-state index is 14.9. The van der Waals surface area contributed by atoms with Gasteiger partial charge < -0.3 is 88.9 Å². The van der Waals surface area contributed by atoms with Crippen molar-refractivity contribution in [3.63, 3.8) is 0 Å². The highest BCUT2D eigenvalue weighted by Crippen LogP contribution is 2.28. The van der Waals surface area contributed by atoms with Gasteiger partial charge in [-0.15, -0.1) is 11.8 Å². The van der Waals surface area contributed by atoms with Gasteiger partial charge in [0.1, 0.15) is 29.1 Å². The number of Topliss-reactive ketones (excluding diaryl/α,β-unsaturated/α-hetero) is 8. The quantitative estimate of drug-likeness (QED) is 0.0285. The van der Waals surface area contributed by atoms with Gasteiger partial charge in [-0.1, -0.05) is 102 Å². The van der Waals surface area contributed by atoms with Crippen molar-refractivity contribution in [3.05, 3.63) is 95.6 Å². The van der Waals surface area contributed by atoms with E-state index in [0.717, 1.165) is 30.5 Å². The van der Waals surface area contributed by atoms with E-state index in [1.807, 2.05) is 0 Å². The Morgan fingerprint density at radius 2 is 0.925 bits per heavy atom. The van der Waals surface area contributed by atoms with E-state index in [1.165, 1.54) is 48.5 Å². The normalized spacial score (nSPS) is 16.2. The van der Waals surface area contributed by atoms with E-state index in [0.29, 0.717) is 43.4 Å². The minimum atomic E-state index is -2.00. The third-order valence-corrected chi connectivity index (χ3v) is 24.4. The maximum Gasteiger partial charge on any atom is 0.304 e. The molecule has 1 heterocycles. The number of unbranched alkanes of at least 4 members (excludes halogenated alkanes) is 1. The number of aromatic hydroxyl groups is 2. The van der Waals surface area contributed by atoms with Crippen LogP contribution < -0.4 is 43.0 Å². The van der Waals surface area contributed by atoms with Gasteiger partial charge in [-0.25, -0.2) is 0 Å². The molecule has 4 rings (SSSR count). The molecule has 18 N–H and O–H groups in total. The van der Waals surface area contributed by atoms with Gasteiger partial charge in [0.05, 0.1) is 110 Å². The van der Waals surface area contributed by atoms with Gasteiger partial charge >= 0.3 is 17.9 Å². The summed E-state index contributed by atoms with van der Waals surface area (Å²) in [6.07, 6.45) is -9.41. The molecule has 1 aliphatic rings. The second kappa shape index (κ2) is 58.6. The van der Waals surface area contributed by atoms with Crippen LogP contribution in [0.4, 0.5) is 0 Å². The minimum Gasteiger partial charge on any atom is -0.508 e. The molecule has 3 aromatic carbocycles. The van der Waals surface area contributed by atoms with E-state index < -0.39 is 292 Å². The SMILES string of the molecule is CC[C@@H]1CC(=O)N(CCCC(=O)CSCC(=O)C[C@@H](CCC(=O)O)C(=O)NCC(=O)C[C@H](C(=O)N[C@@H](Cc2ccccc2)C(=O)C[C@H](C(=O)N[C@@H](CO)C(=O)C[C@@H](CC(=O)O)C(=O)N[C@@H](Cc2ccc(O)cc2)C(=O)C[C@@H](CO)C(=O)N[C@H](C(=O)C[C@@H](Cc2ccc(O)cc2)C(=O)N[C@@H](CC(C)C)C(=O)C[C@@H](CC(=O)O)C(=O)N[C@H](C)CCCCN)[C@@H](C)CC)[C@@H](C)O)[C@@H](C)O)C1=O. The number of imide groups is 1. The second-order valence-electron chi connectivity index (χ2n) is 34.9. The summed E-state index contributed by atoms with van der Waals surface area (Å²) >= 11 is 0.943. The van der Waals surface area contributed by atoms with Crippen molar-refractivity contribution in [2.75, 3.05) is 44.4 Å². The molecule has 734 valence electrons. The van der Waals surface area contributed by atoms with Crippen LogP contribution >= 0.6 is 11.8 Å². The number of rotatable bonds is 68. The number of nitrogens with one attached hydrogen (secondary N) is 7. The number of nitrogens with two attached hydrogens (primary N) is 1. The summed E-state index contributed by atoms with van der Waals surface area (Å²) in [4.78, 5) is 273. The zero-order valence-corrected chi connectivity index (χ0v) is 77.6. The van der Waals surface area contributed by atoms with Crippen LogP contribution in [0.1, 0.15) is 200 Å². The number of benzene rings is 3. The summed E-state index contributed by atoms with van der Waals surface area (Å²) in [7, 11) is 0. The van der Waals surface area contributed by atoms with Crippen LogP contribution in [-0.4, -0.2) is 261 Å². The van der Waals surface area contributed by atoms with E-state index in [1.54, 1.807) is 71.9 Å². The highest BCUT2D eigenvalue weighted by molar-refractivity contribution is 8.00. The number of amides is 9. The molecular formula is C94H133N9O29S. The Bertz CT molecular complexity index is 4470. The Balaban J connectivity index is 1.52. The van der Waals surface area contributed by atoms with Gasteiger partial charge in [0.2, 0.25) is 53.2 Å². The molecule has 0 unspecified atom stereocenters. The molecule has 39 heteroatoms. The first-order chi connectivity index (χ1) is 62.8. The highest BCUT2D eigenvalue weighted by atomic mass is 32.2. The fourth-order valence-corrected chi connectivity index (χ4v) is 16.1. The summed E-state index contributed by atoms with van der Waals surface area (Å²) in [6, 6.07) is 10.4. The molecule has 1 fully saturated rings. The van der Waals surface area contributed by atoms with Crippen LogP contribution in [0.3, 0.4) is 0 Å². The summed E-state index contributed by atoms with van der Waals surface area (Å²) < 4.78 is 0. The number of carbonyl (C=O) groups is 20. The third kappa shape index (κ3) is 40.9. The Hall–Kier alpha value is -11.4. The van der Waals surface area contributed by atoms with Gasteiger partial charge in [0.25, 0.3) is 0 Å². The average molecular weight is 1890 g/mol. The van der Waals surface area contributed by atoms with Crippen molar-refractivity contribution in [1.29, 1.82) is 0 Å². The number of carboxylic acid groups (broad SMARTS) is 3. The average Bonchev–Trinajstić information content (AvgIpc) is 1.81. The number of aliphatic hydroxyl groups is 4. The van der Waals surface area contributed by atoms with Gasteiger partial charge in [-0.2, -0.15) is 0 Å². The first-order valence-corrected chi connectivity index (χ1v) is 46.2. The predicted molar refractivity (Wildman–Crippen MR) is 483 cm³/mol. The lowest BCUT2D eigenvalue weighted by molar-refractivity contribution is -0.143. The molecule has 0 aliphatic carbocycles. The molecule has 0 radical (unpaired) electrons. The number of hydrogen-bond donors (Lipinski definition) is 17. The number of phenols is 2. The number of phenolic OH excluding ortho intramolecular Hbond substituents is 2. The third-order valence-electron chi connectivity index (χ3n) is 23.4. The van der Waals surface area contributed by atoms with Crippen LogP contribution in [0.15, 0.2) is 78.9 Å². The molecule has 0 bridgehead atoms. The molecule has 0 saturated carbocycles. The van der Waals surface area contributed by atoms with E-state index in [9.17, 15) is 142 Å². The highest BCUT2D eigenvalue weighted by Gasteiger charge is 2.42. The molecule has 1 aliphatic heterocycles. The fraction of sp³-hybridized carbons (Fsp3) is 0.596. The molecule has 1 saturated heterocycles. The van der Waals surface area contributed by atoms with Crippen molar-refractivity contribution in [2.24, 2.45) is 64.9 Å². The molecule has 38 nitrogen and oxygen atoms in total. The number of aliphatic carboxylic acids is 3. The first kappa shape index (κ1) is 114. The van der Waals surface area contributed by atoms with E-state index in [-0.39, 0.29) is 110 Å². The van der Waals surface area contributed by atoms with Crippen molar-refractivity contribution in [1.82, 2.24) is 42.1 Å². The standard InChI is InChI=1S/C94H133N9O29S/c1-9-53(5)86(81(117)40-62(34-58-21-26-66(108)27-22-58)89(127)98-73(33-52(3)4)77(113)38-63(43-84(121)122)88(126)97-54(6)17-14-15-31-95)102-91(129)65(48-104)41-78(114)74(36-59-23-28-67(109)29-24-59)99-90(128)64(44-85(123)124)39-79(115)76(49-105)101-93(131)72(56(8)107)46-80(116)75(35-57-18-12-11-13-19-57)100-92(130)71(55(7)106)45-69(111)47-96-87(125)61(25-30-83(119)120)37-70(112)51-133-50-68(110)20-16-32-103-82(118)42-60(10-2)94(103)132/h11-13,18-19,21-24,26-29,52-56,60-65,71-76,86,104-109H,9-10,14-17,20,25,30-51,95H2,1-8H3,(H,96,125)(H,97,126)(H,98,127)(H,99,128)(H,100,130)(H,101,131)(H,102,129)(H,119,120)(H,121,122)(H,123,124)/t53-,54+,55+,56+,60+,61+,62+,63-,64-,65-,71-,72-,73-,74-,75-,76-,86-/m0/s1. The Morgan fingerprint density at radius 3 is 1.44 bits per heavy atom. The van der Waals surface area contributed by atoms with Crippen LogP contribution in [0, 0.1) is 59.2 Å². The summed E-state index contributed by atoms with van der Waals surface area (Å²) in [5.74, 6) is -31.2. The maximum atomic E-state index is 14.9. The van der Waals surface area contributed by atoms with Crippen molar-refractivity contribution in [2.45, 2.75) is 252 Å². The zero-order valence-electron chi connectivity index (χ0n) is 76.7. The molecule has 133 heavy (non-hydrogen) atoms. The molecule has 0 spiro atoms. The first-order valence-electron chi connectivity index (χ1n) is 45.1. The number of carboxylic acids is 3. The molecule has 9 amide bonds. The summed E-state index contributed by atoms with van der Waals surface area (Å²) in [5.41, 5.74) is 6.76. The lowest BCUT2D eigenvalue weighted by Gasteiger charge is -2.28. The van der Waals surface area contributed by atoms with Gasteiger partial charge in [0.15, 0.2) is 34.7 Å². The number of hydrogen-bond acceptors (Lipinski definition) is 28. The van der Waals surface area contributed by atoms with Gasteiger partial charge in [-0.3, -0.25) is 101 Å². The number of ketones is 8. The van der Waals surface area contributed by atoms with Gasteiger partial charge in [0, 0.05) is 94.5 Å². The summed E-state index contributed by atoms with van der Waals surface area (Å²) in [6.45, 7) is 9.99. The number of likely N-dealkylation sites (tertiary alicyclic amines) is 1. The van der Waals surface area contributed by atoms with E-state index >= 15 is 0 Å². The van der Waals surface area contributed by atoms with Crippen LogP contribution in [0.5, 0.6) is 11.5 Å². The number of thioether (sulfide) groups is 1. The lowest BCUT2D eigenvalue weighted by Crippen LogP contribution is -2.52. The summed E-state index contributed by atoms with van der Waals surface area (Å²) in [5, 5.41) is 111. The van der Waals surface area contributed by atoms with Crippen LogP contribution in [0.2, 0.25) is 0 Å². The Kier molecular flexibility index (Phi) is 50.2. The Morgan fingerprint density at radius 1 is 0.451 bits per heavy atom. The predicted octanol–water partition coefficient (Wildman–Crippen LogP) is 2.85. The smallest absolute Gasteiger partial charge is 0.304 e. The van der Waals surface area contributed by atoms with Crippen molar-refractivity contribution in [3.8, 4) is 11.5 Å². The molecule has 0 aromatic heterocycles. The number of nitrogens with zero attached hydrogens (tertiary/aromatic N) is 1. The second-order valence-corrected chi connectivity index (χ2v) is 35.9. The van der Waals surface area contributed by atoms with Crippen molar-refractivity contribution < 1.29 is 142 Å².